The van der Waals surface area contributed by atoms with E-state index in [-0.39, 0.29) is 31.1 Å². The fraction of sp³-hybridized carbons (Fsp3) is 0.845. The number of carbonyl (C=O) groups is 3. The van der Waals surface area contributed by atoms with E-state index in [2.05, 4.69) is 69.4 Å². The first-order valence-electron chi connectivity index (χ1n) is 34.1. The number of carbonyl (C=O) groups excluding carboxylic acids is 3. The van der Waals surface area contributed by atoms with Crippen LogP contribution in [0.2, 0.25) is 0 Å². The third kappa shape index (κ3) is 64.1. The van der Waals surface area contributed by atoms with Crippen LogP contribution in [0.1, 0.15) is 367 Å². The highest BCUT2D eigenvalue weighted by atomic mass is 16.6. The number of unbranched alkanes of at least 4 members (excludes halogenated alkanes) is 44. The van der Waals surface area contributed by atoms with E-state index in [0.717, 1.165) is 70.6 Å². The quantitative estimate of drug-likeness (QED) is 0.0261. The fourth-order valence-electron chi connectivity index (χ4n) is 10.2. The van der Waals surface area contributed by atoms with Crippen LogP contribution in [0.5, 0.6) is 0 Å². The normalized spacial score (nSPS) is 12.3. The van der Waals surface area contributed by atoms with E-state index in [1.165, 1.54) is 257 Å². The van der Waals surface area contributed by atoms with Crippen molar-refractivity contribution in [3.8, 4) is 0 Å². The van der Waals surface area contributed by atoms with E-state index >= 15 is 0 Å². The Bertz CT molecular complexity index is 1330. The van der Waals surface area contributed by atoms with Crippen molar-refractivity contribution in [2.45, 2.75) is 374 Å². The summed E-state index contributed by atoms with van der Waals surface area (Å²) in [5, 5.41) is 0. The van der Waals surface area contributed by atoms with Crippen molar-refractivity contribution in [2.75, 3.05) is 13.2 Å². The lowest BCUT2D eigenvalue weighted by Crippen LogP contribution is -2.30. The largest absolute Gasteiger partial charge is 0.462 e. The summed E-state index contributed by atoms with van der Waals surface area (Å²) in [6.45, 7) is 6.67. The summed E-state index contributed by atoms with van der Waals surface area (Å²) < 4.78 is 16.9. The van der Waals surface area contributed by atoms with Crippen LogP contribution in [0.25, 0.3) is 0 Å². The van der Waals surface area contributed by atoms with E-state index < -0.39 is 6.10 Å². The van der Waals surface area contributed by atoms with E-state index in [9.17, 15) is 14.4 Å². The SMILES string of the molecule is CCCCCCC/C=C\C/C=C\C/C=C\CCCCCCCCCCCCCCC(=O)OCC(COC(=O)CCCCCCCCCCCCC)OC(=O)CCCCCCCCCCC/C=C\CCCCCCCCCC. The highest BCUT2D eigenvalue weighted by Crippen LogP contribution is 2.17. The molecule has 1 atom stereocenters. The van der Waals surface area contributed by atoms with Crippen molar-refractivity contribution < 1.29 is 28.6 Å². The molecular formula is C71H130O6. The molecule has 77 heavy (non-hydrogen) atoms. The van der Waals surface area contributed by atoms with Crippen LogP contribution < -0.4 is 0 Å². The minimum absolute atomic E-state index is 0.0701. The average Bonchev–Trinajstić information content (AvgIpc) is 3.43. The summed E-state index contributed by atoms with van der Waals surface area (Å²) in [5.74, 6) is -0.852. The fourth-order valence-corrected chi connectivity index (χ4v) is 10.2. The van der Waals surface area contributed by atoms with Gasteiger partial charge in [0.2, 0.25) is 0 Å². The lowest BCUT2D eigenvalue weighted by Gasteiger charge is -2.18. The lowest BCUT2D eigenvalue weighted by molar-refractivity contribution is -0.167. The van der Waals surface area contributed by atoms with Crippen molar-refractivity contribution in [3.63, 3.8) is 0 Å². The predicted molar refractivity (Wildman–Crippen MR) is 335 cm³/mol. The Kier molecular flexibility index (Phi) is 63.6. The Balaban J connectivity index is 4.21. The van der Waals surface area contributed by atoms with Gasteiger partial charge < -0.3 is 14.2 Å². The van der Waals surface area contributed by atoms with Gasteiger partial charge in [-0.1, -0.05) is 313 Å². The van der Waals surface area contributed by atoms with Gasteiger partial charge >= 0.3 is 17.9 Å². The lowest BCUT2D eigenvalue weighted by atomic mass is 10.0. The van der Waals surface area contributed by atoms with Crippen molar-refractivity contribution in [1.29, 1.82) is 0 Å². The van der Waals surface area contributed by atoms with Crippen molar-refractivity contribution in [3.05, 3.63) is 48.6 Å². The van der Waals surface area contributed by atoms with Crippen LogP contribution in [-0.4, -0.2) is 37.2 Å². The zero-order valence-electron chi connectivity index (χ0n) is 51.7. The molecule has 0 heterocycles. The molecule has 0 rings (SSSR count). The molecule has 0 radical (unpaired) electrons. The van der Waals surface area contributed by atoms with Crippen molar-refractivity contribution in [1.82, 2.24) is 0 Å². The molecule has 6 heteroatoms. The molecule has 0 aliphatic carbocycles. The Morgan fingerprint density at radius 1 is 0.260 bits per heavy atom. The molecule has 0 aromatic carbocycles. The number of esters is 3. The van der Waals surface area contributed by atoms with Gasteiger partial charge in [0.05, 0.1) is 0 Å². The van der Waals surface area contributed by atoms with E-state index in [0.29, 0.717) is 19.3 Å². The van der Waals surface area contributed by atoms with Crippen molar-refractivity contribution in [2.24, 2.45) is 0 Å². The minimum atomic E-state index is -0.773. The topological polar surface area (TPSA) is 78.9 Å². The second-order valence-corrected chi connectivity index (χ2v) is 23.1. The Hall–Kier alpha value is -2.63. The monoisotopic (exact) mass is 1080 g/mol. The van der Waals surface area contributed by atoms with Gasteiger partial charge in [-0.2, -0.15) is 0 Å². The molecule has 0 aromatic heterocycles. The molecule has 450 valence electrons. The molecule has 0 N–H and O–H groups in total. The summed E-state index contributed by atoms with van der Waals surface area (Å²) in [7, 11) is 0. The molecule has 0 saturated heterocycles. The zero-order chi connectivity index (χ0) is 55.7. The van der Waals surface area contributed by atoms with Crippen LogP contribution >= 0.6 is 0 Å². The summed E-state index contributed by atoms with van der Waals surface area (Å²) >= 11 is 0. The second-order valence-electron chi connectivity index (χ2n) is 23.1. The van der Waals surface area contributed by atoms with Crippen LogP contribution in [0, 0.1) is 0 Å². The molecule has 0 spiro atoms. The van der Waals surface area contributed by atoms with Gasteiger partial charge in [0.15, 0.2) is 6.10 Å². The highest BCUT2D eigenvalue weighted by molar-refractivity contribution is 5.71. The molecule has 0 aliphatic heterocycles. The third-order valence-electron chi connectivity index (χ3n) is 15.3. The van der Waals surface area contributed by atoms with Crippen molar-refractivity contribution >= 4 is 17.9 Å². The van der Waals surface area contributed by atoms with E-state index in [1.807, 2.05) is 0 Å². The summed E-state index contributed by atoms with van der Waals surface area (Å²) in [5.41, 5.74) is 0. The maximum Gasteiger partial charge on any atom is 0.306 e. The van der Waals surface area contributed by atoms with E-state index in [4.69, 9.17) is 14.2 Å². The van der Waals surface area contributed by atoms with Crippen LogP contribution in [0.15, 0.2) is 48.6 Å². The number of hydrogen-bond acceptors (Lipinski definition) is 6. The van der Waals surface area contributed by atoms with Gasteiger partial charge in [-0.05, 0) is 83.5 Å². The van der Waals surface area contributed by atoms with Gasteiger partial charge in [-0.3, -0.25) is 14.4 Å². The van der Waals surface area contributed by atoms with Crippen LogP contribution in [0.4, 0.5) is 0 Å². The first-order valence-corrected chi connectivity index (χ1v) is 34.1. The van der Waals surface area contributed by atoms with Gasteiger partial charge in [-0.25, -0.2) is 0 Å². The summed E-state index contributed by atoms with van der Waals surface area (Å²) in [6, 6.07) is 0. The molecule has 0 amide bonds. The van der Waals surface area contributed by atoms with Gasteiger partial charge in [0.25, 0.3) is 0 Å². The molecular weight excluding hydrogens is 949 g/mol. The second kappa shape index (κ2) is 65.9. The molecule has 1 unspecified atom stereocenters. The van der Waals surface area contributed by atoms with E-state index in [1.54, 1.807) is 0 Å². The minimum Gasteiger partial charge on any atom is -0.462 e. The highest BCUT2D eigenvalue weighted by Gasteiger charge is 2.19. The molecule has 0 fully saturated rings. The molecule has 0 aliphatic rings. The molecule has 6 nitrogen and oxygen atoms in total. The Labute approximate surface area is 479 Å². The summed E-state index contributed by atoms with van der Waals surface area (Å²) in [6.07, 6.45) is 82.7. The summed E-state index contributed by atoms with van der Waals surface area (Å²) in [4.78, 5) is 38.3. The number of rotatable bonds is 63. The predicted octanol–water partition coefficient (Wildman–Crippen LogP) is 23.3. The Morgan fingerprint density at radius 2 is 0.468 bits per heavy atom. The smallest absolute Gasteiger partial charge is 0.306 e. The maximum absolute atomic E-state index is 12.9. The maximum atomic E-state index is 12.9. The van der Waals surface area contributed by atoms with Gasteiger partial charge in [-0.15, -0.1) is 0 Å². The van der Waals surface area contributed by atoms with Crippen LogP contribution in [-0.2, 0) is 28.6 Å². The van der Waals surface area contributed by atoms with Crippen LogP contribution in [0.3, 0.4) is 0 Å². The average molecular weight is 1080 g/mol. The number of ether oxygens (including phenoxy) is 3. The third-order valence-corrected chi connectivity index (χ3v) is 15.3. The number of allylic oxidation sites excluding steroid dienone is 8. The first kappa shape index (κ1) is 74.4. The first-order chi connectivity index (χ1) is 38.0. The standard InChI is InChI=1S/C71H130O6/c1-4-7-10-13-16-19-22-24-26-28-30-32-33-34-35-36-37-39-40-42-44-46-49-52-55-58-61-64-70(73)76-67-68(66-75-69(72)63-60-57-54-51-48-21-18-15-12-9-6-3)77-71(74)65-62-59-56-53-50-47-45-43-41-38-31-29-27-25-23-20-17-14-11-8-5-2/h22,24,28-31,33-34,68H,4-21,23,25-27,32,35-67H2,1-3H3/b24-22-,30-28-,31-29-,34-33-. The number of hydrogen-bond donors (Lipinski definition) is 0. The molecule has 0 saturated carbocycles. The molecule has 0 bridgehead atoms. The Morgan fingerprint density at radius 3 is 0.740 bits per heavy atom. The van der Waals surface area contributed by atoms with Gasteiger partial charge in [0, 0.05) is 19.3 Å². The zero-order valence-corrected chi connectivity index (χ0v) is 51.7. The molecule has 0 aromatic rings. The van der Waals surface area contributed by atoms with Gasteiger partial charge in [0.1, 0.15) is 13.2 Å².